The van der Waals surface area contributed by atoms with Crippen molar-refractivity contribution in [3.63, 3.8) is 0 Å². The highest BCUT2D eigenvalue weighted by Crippen LogP contribution is 2.35. The standard InChI is InChI=1S/C12H17ClN2S/c1-14-6-2-3-10-8-16-12-7-9(13)4-5-11(12)15-10/h4-5,7,10,14-15H,2-3,6,8H2,1H3. The van der Waals surface area contributed by atoms with Gasteiger partial charge in [0.1, 0.15) is 0 Å². The van der Waals surface area contributed by atoms with Crippen molar-refractivity contribution in [2.24, 2.45) is 0 Å². The zero-order valence-corrected chi connectivity index (χ0v) is 11.0. The van der Waals surface area contributed by atoms with Gasteiger partial charge in [0.15, 0.2) is 0 Å². The van der Waals surface area contributed by atoms with E-state index in [1.807, 2.05) is 30.9 Å². The Kier molecular flexibility index (Phi) is 4.38. The highest BCUT2D eigenvalue weighted by molar-refractivity contribution is 7.99. The molecule has 0 saturated heterocycles. The molecule has 0 saturated carbocycles. The molecule has 4 heteroatoms. The van der Waals surface area contributed by atoms with Crippen LogP contribution in [0.1, 0.15) is 12.8 Å². The second-order valence-corrected chi connectivity index (χ2v) is 5.54. The predicted molar refractivity (Wildman–Crippen MR) is 72.7 cm³/mol. The lowest BCUT2D eigenvalue weighted by Crippen LogP contribution is -2.26. The maximum Gasteiger partial charge on any atom is 0.0481 e. The Balaban J connectivity index is 1.93. The van der Waals surface area contributed by atoms with E-state index >= 15 is 0 Å². The largest absolute Gasteiger partial charge is 0.381 e. The molecule has 1 aliphatic rings. The average Bonchev–Trinajstić information content (AvgIpc) is 2.29. The van der Waals surface area contributed by atoms with Crippen molar-refractivity contribution in [3.05, 3.63) is 23.2 Å². The molecular formula is C12H17ClN2S. The van der Waals surface area contributed by atoms with Gasteiger partial charge in [-0.3, -0.25) is 0 Å². The van der Waals surface area contributed by atoms with Crippen LogP contribution in [0.2, 0.25) is 5.02 Å². The minimum atomic E-state index is 0.590. The first-order valence-corrected chi connectivity index (χ1v) is 6.99. The van der Waals surface area contributed by atoms with Gasteiger partial charge in [-0.15, -0.1) is 11.8 Å². The van der Waals surface area contributed by atoms with E-state index in [0.29, 0.717) is 6.04 Å². The first-order chi connectivity index (χ1) is 7.79. The molecule has 16 heavy (non-hydrogen) atoms. The van der Waals surface area contributed by atoms with Crippen LogP contribution in [0, 0.1) is 0 Å². The molecule has 1 atom stereocenters. The lowest BCUT2D eigenvalue weighted by molar-refractivity contribution is 0.626. The van der Waals surface area contributed by atoms with Crippen LogP contribution in [0.5, 0.6) is 0 Å². The highest BCUT2D eigenvalue weighted by atomic mass is 35.5. The number of hydrogen-bond donors (Lipinski definition) is 2. The van der Waals surface area contributed by atoms with Crippen molar-refractivity contribution in [1.82, 2.24) is 5.32 Å². The molecule has 0 bridgehead atoms. The quantitative estimate of drug-likeness (QED) is 0.809. The summed E-state index contributed by atoms with van der Waals surface area (Å²) in [6.07, 6.45) is 2.44. The Hall–Kier alpha value is -0.380. The number of anilines is 1. The van der Waals surface area contributed by atoms with E-state index in [2.05, 4.69) is 16.7 Å². The van der Waals surface area contributed by atoms with Crippen LogP contribution in [0.3, 0.4) is 0 Å². The Bertz CT molecular complexity index is 357. The van der Waals surface area contributed by atoms with E-state index in [0.717, 1.165) is 17.3 Å². The van der Waals surface area contributed by atoms with Gasteiger partial charge in [0.25, 0.3) is 0 Å². The van der Waals surface area contributed by atoms with E-state index < -0.39 is 0 Å². The smallest absolute Gasteiger partial charge is 0.0481 e. The van der Waals surface area contributed by atoms with E-state index in [1.165, 1.54) is 23.4 Å². The number of rotatable bonds is 4. The normalized spacial score (nSPS) is 19.0. The van der Waals surface area contributed by atoms with Crippen LogP contribution < -0.4 is 10.6 Å². The van der Waals surface area contributed by atoms with Gasteiger partial charge in [-0.2, -0.15) is 0 Å². The summed E-state index contributed by atoms with van der Waals surface area (Å²) in [7, 11) is 2.00. The molecule has 1 heterocycles. The lowest BCUT2D eigenvalue weighted by Gasteiger charge is -2.26. The van der Waals surface area contributed by atoms with Gasteiger partial charge in [-0.25, -0.2) is 0 Å². The third-order valence-electron chi connectivity index (χ3n) is 2.72. The molecule has 2 N–H and O–H groups in total. The number of halogens is 1. The molecule has 0 aliphatic carbocycles. The molecule has 2 rings (SSSR count). The summed E-state index contributed by atoms with van der Waals surface area (Å²) in [5, 5.41) is 7.58. The first-order valence-electron chi connectivity index (χ1n) is 5.63. The summed E-state index contributed by atoms with van der Waals surface area (Å²) in [4.78, 5) is 1.28. The van der Waals surface area contributed by atoms with Crippen LogP contribution in [0.4, 0.5) is 5.69 Å². The van der Waals surface area contributed by atoms with E-state index in [9.17, 15) is 0 Å². The fourth-order valence-corrected chi connectivity index (χ4v) is 3.23. The molecule has 0 amide bonds. The predicted octanol–water partition coefficient (Wildman–Crippen LogP) is 3.23. The fourth-order valence-electron chi connectivity index (χ4n) is 1.87. The fraction of sp³-hybridized carbons (Fsp3) is 0.500. The van der Waals surface area contributed by atoms with E-state index in [1.54, 1.807) is 0 Å². The number of benzene rings is 1. The molecule has 1 aromatic rings. The summed E-state index contributed by atoms with van der Waals surface area (Å²) >= 11 is 7.87. The molecule has 0 fully saturated rings. The maximum absolute atomic E-state index is 5.97. The van der Waals surface area contributed by atoms with Crippen molar-refractivity contribution >= 4 is 29.1 Å². The zero-order chi connectivity index (χ0) is 11.4. The Morgan fingerprint density at radius 1 is 1.56 bits per heavy atom. The van der Waals surface area contributed by atoms with Crippen LogP contribution in [0.15, 0.2) is 23.1 Å². The third kappa shape index (κ3) is 3.06. The average molecular weight is 257 g/mol. The summed E-state index contributed by atoms with van der Waals surface area (Å²) in [5.41, 5.74) is 1.23. The van der Waals surface area contributed by atoms with Gasteiger partial charge in [-0.1, -0.05) is 11.6 Å². The van der Waals surface area contributed by atoms with Crippen LogP contribution in [-0.4, -0.2) is 25.4 Å². The summed E-state index contributed by atoms with van der Waals surface area (Å²) in [6, 6.07) is 6.66. The van der Waals surface area contributed by atoms with Crippen molar-refractivity contribution in [2.75, 3.05) is 24.7 Å². The SMILES string of the molecule is CNCCCC1CSc2cc(Cl)ccc2N1. The van der Waals surface area contributed by atoms with Crippen molar-refractivity contribution in [1.29, 1.82) is 0 Å². The van der Waals surface area contributed by atoms with Gasteiger partial charge in [0, 0.05) is 27.4 Å². The topological polar surface area (TPSA) is 24.1 Å². The minimum Gasteiger partial charge on any atom is -0.381 e. The van der Waals surface area contributed by atoms with Gasteiger partial charge in [0.05, 0.1) is 0 Å². The van der Waals surface area contributed by atoms with Gasteiger partial charge >= 0.3 is 0 Å². The number of thioether (sulfide) groups is 1. The lowest BCUT2D eigenvalue weighted by atomic mass is 10.1. The number of fused-ring (bicyclic) bond motifs is 1. The molecular weight excluding hydrogens is 240 g/mol. The molecule has 88 valence electrons. The molecule has 0 spiro atoms. The second-order valence-electron chi connectivity index (χ2n) is 4.04. The molecule has 2 nitrogen and oxygen atoms in total. The summed E-state index contributed by atoms with van der Waals surface area (Å²) in [6.45, 7) is 1.09. The van der Waals surface area contributed by atoms with Gasteiger partial charge < -0.3 is 10.6 Å². The van der Waals surface area contributed by atoms with Crippen LogP contribution in [-0.2, 0) is 0 Å². The number of nitrogens with one attached hydrogen (secondary N) is 2. The van der Waals surface area contributed by atoms with Crippen LogP contribution >= 0.6 is 23.4 Å². The number of hydrogen-bond acceptors (Lipinski definition) is 3. The third-order valence-corrected chi connectivity index (χ3v) is 4.18. The van der Waals surface area contributed by atoms with Crippen LogP contribution in [0.25, 0.3) is 0 Å². The van der Waals surface area contributed by atoms with Gasteiger partial charge in [-0.05, 0) is 44.6 Å². The molecule has 0 aromatic heterocycles. The van der Waals surface area contributed by atoms with E-state index in [4.69, 9.17) is 11.6 Å². The zero-order valence-electron chi connectivity index (χ0n) is 9.42. The summed E-state index contributed by atoms with van der Waals surface area (Å²) < 4.78 is 0. The van der Waals surface area contributed by atoms with Crippen molar-refractivity contribution in [2.45, 2.75) is 23.8 Å². The Labute approximate surface area is 106 Å². The Morgan fingerprint density at radius 3 is 3.25 bits per heavy atom. The monoisotopic (exact) mass is 256 g/mol. The molecule has 1 unspecified atom stereocenters. The van der Waals surface area contributed by atoms with Crippen molar-refractivity contribution in [3.8, 4) is 0 Å². The molecule has 1 aromatic carbocycles. The van der Waals surface area contributed by atoms with Crippen molar-refractivity contribution < 1.29 is 0 Å². The minimum absolute atomic E-state index is 0.590. The maximum atomic E-state index is 5.97. The van der Waals surface area contributed by atoms with E-state index in [-0.39, 0.29) is 0 Å². The molecule has 0 radical (unpaired) electrons. The summed E-state index contributed by atoms with van der Waals surface area (Å²) in [5.74, 6) is 1.14. The molecule has 1 aliphatic heterocycles. The Morgan fingerprint density at radius 2 is 2.44 bits per heavy atom. The highest BCUT2D eigenvalue weighted by Gasteiger charge is 2.17. The first kappa shape index (κ1) is 12.1. The van der Waals surface area contributed by atoms with Gasteiger partial charge in [0.2, 0.25) is 0 Å². The second kappa shape index (κ2) is 5.80.